The van der Waals surface area contributed by atoms with Crippen LogP contribution in [0.3, 0.4) is 0 Å². The second-order valence-electron chi connectivity index (χ2n) is 9.18. The zero-order valence-electron chi connectivity index (χ0n) is 22.1. The minimum atomic E-state index is -0.776. The Morgan fingerprint density at radius 3 is 2.35 bits per heavy atom. The maximum atomic E-state index is 12.9. The lowest BCUT2D eigenvalue weighted by atomic mass is 10.0. The smallest absolute Gasteiger partial charge is 0.262 e. The molecule has 0 saturated heterocycles. The highest BCUT2D eigenvalue weighted by Crippen LogP contribution is 2.37. The summed E-state index contributed by atoms with van der Waals surface area (Å²) < 4.78 is 12.4. The van der Waals surface area contributed by atoms with Gasteiger partial charge in [0.05, 0.1) is 17.3 Å². The highest BCUT2D eigenvalue weighted by Gasteiger charge is 2.22. The molecule has 2 amide bonds. The van der Waals surface area contributed by atoms with Gasteiger partial charge in [0.2, 0.25) is 0 Å². The fourth-order valence-electron chi connectivity index (χ4n) is 3.65. The third-order valence-corrected chi connectivity index (χ3v) is 6.97. The summed E-state index contributed by atoms with van der Waals surface area (Å²) in [6.45, 7) is 6.41. The number of carbonyl (C=O) groups is 2. The van der Waals surface area contributed by atoms with E-state index in [1.807, 2.05) is 20.8 Å². The van der Waals surface area contributed by atoms with Gasteiger partial charge in [-0.05, 0) is 89.3 Å². The molecule has 212 valence electrons. The van der Waals surface area contributed by atoms with Crippen molar-refractivity contribution in [3.05, 3.63) is 90.8 Å². The van der Waals surface area contributed by atoms with Crippen LogP contribution < -0.4 is 20.2 Å². The molecule has 0 saturated carbocycles. The molecule has 3 aromatic carbocycles. The summed E-state index contributed by atoms with van der Waals surface area (Å²) in [5, 5.41) is 8.45. The Kier molecular flexibility index (Phi) is 12.1. The first-order chi connectivity index (χ1) is 19.1. The van der Waals surface area contributed by atoms with Crippen molar-refractivity contribution >= 4 is 68.8 Å². The number of rotatable bonds is 12. The second-order valence-corrected chi connectivity index (χ2v) is 11.3. The SMILES string of the molecule is CCOc1cc(/C=N/NC(=O)C(CC(C)C)NC(=O)c2ccc(Cl)cc2)cc(Br)c1OCc1ccc(Cl)cc1Cl. The van der Waals surface area contributed by atoms with Crippen LogP contribution in [0.15, 0.2) is 64.2 Å². The summed E-state index contributed by atoms with van der Waals surface area (Å²) in [5.41, 5.74) is 4.36. The van der Waals surface area contributed by atoms with Crippen LogP contribution in [0.4, 0.5) is 0 Å². The number of nitrogens with zero attached hydrogens (tertiary/aromatic N) is 1. The van der Waals surface area contributed by atoms with E-state index >= 15 is 0 Å². The first-order valence-corrected chi connectivity index (χ1v) is 14.4. The Balaban J connectivity index is 1.70. The van der Waals surface area contributed by atoms with Crippen molar-refractivity contribution < 1.29 is 19.1 Å². The number of benzene rings is 3. The predicted octanol–water partition coefficient (Wildman–Crippen LogP) is 7.68. The Labute approximate surface area is 257 Å². The van der Waals surface area contributed by atoms with Crippen molar-refractivity contribution in [2.24, 2.45) is 11.0 Å². The summed E-state index contributed by atoms with van der Waals surface area (Å²) in [6.07, 6.45) is 1.92. The molecule has 1 unspecified atom stereocenters. The molecule has 0 radical (unpaired) electrons. The number of halogens is 4. The molecule has 0 aliphatic heterocycles. The van der Waals surface area contributed by atoms with Crippen LogP contribution in [-0.2, 0) is 11.4 Å². The maximum absolute atomic E-state index is 12.9. The van der Waals surface area contributed by atoms with Crippen LogP contribution in [-0.4, -0.2) is 30.7 Å². The summed E-state index contributed by atoms with van der Waals surface area (Å²) in [7, 11) is 0. The lowest BCUT2D eigenvalue weighted by molar-refractivity contribution is -0.123. The number of ether oxygens (including phenoxy) is 2. The van der Waals surface area contributed by atoms with E-state index in [4.69, 9.17) is 44.3 Å². The lowest BCUT2D eigenvalue weighted by Gasteiger charge is -2.19. The van der Waals surface area contributed by atoms with Gasteiger partial charge in [-0.15, -0.1) is 0 Å². The Morgan fingerprint density at radius 1 is 1.00 bits per heavy atom. The van der Waals surface area contributed by atoms with Gasteiger partial charge < -0.3 is 14.8 Å². The average molecular weight is 670 g/mol. The van der Waals surface area contributed by atoms with Crippen molar-refractivity contribution in [3.8, 4) is 11.5 Å². The monoisotopic (exact) mass is 667 g/mol. The van der Waals surface area contributed by atoms with Crippen LogP contribution in [0.2, 0.25) is 15.1 Å². The van der Waals surface area contributed by atoms with Crippen molar-refractivity contribution in [1.82, 2.24) is 10.7 Å². The van der Waals surface area contributed by atoms with Gasteiger partial charge in [-0.3, -0.25) is 9.59 Å². The van der Waals surface area contributed by atoms with Gasteiger partial charge in [-0.25, -0.2) is 5.43 Å². The number of carbonyl (C=O) groups excluding carboxylic acids is 2. The normalized spacial score (nSPS) is 11.9. The third kappa shape index (κ3) is 9.41. The van der Waals surface area contributed by atoms with Gasteiger partial charge in [0.1, 0.15) is 12.6 Å². The maximum Gasteiger partial charge on any atom is 0.262 e. The van der Waals surface area contributed by atoms with E-state index in [1.54, 1.807) is 54.6 Å². The zero-order chi connectivity index (χ0) is 29.2. The molecular formula is C29H29BrCl3N3O4. The topological polar surface area (TPSA) is 89.0 Å². The van der Waals surface area contributed by atoms with Crippen LogP contribution in [0.1, 0.15) is 48.7 Å². The van der Waals surface area contributed by atoms with Crippen molar-refractivity contribution in [3.63, 3.8) is 0 Å². The average Bonchev–Trinajstić information content (AvgIpc) is 2.89. The first-order valence-electron chi connectivity index (χ1n) is 12.5. The number of amides is 2. The van der Waals surface area contributed by atoms with Crippen molar-refractivity contribution in [2.75, 3.05) is 6.61 Å². The molecule has 0 bridgehead atoms. The summed E-state index contributed by atoms with van der Waals surface area (Å²) >= 11 is 21.7. The molecule has 0 spiro atoms. The molecule has 7 nitrogen and oxygen atoms in total. The minimum absolute atomic E-state index is 0.158. The molecule has 0 aromatic heterocycles. The van der Waals surface area contributed by atoms with Crippen LogP contribution in [0.5, 0.6) is 11.5 Å². The van der Waals surface area contributed by atoms with Gasteiger partial charge in [0.25, 0.3) is 11.8 Å². The molecule has 40 heavy (non-hydrogen) atoms. The van der Waals surface area contributed by atoms with Gasteiger partial charge >= 0.3 is 0 Å². The molecule has 0 heterocycles. The molecule has 0 aliphatic rings. The van der Waals surface area contributed by atoms with E-state index in [9.17, 15) is 9.59 Å². The van der Waals surface area contributed by atoms with Crippen LogP contribution in [0.25, 0.3) is 0 Å². The Morgan fingerprint density at radius 2 is 1.70 bits per heavy atom. The molecule has 0 fully saturated rings. The molecule has 0 aliphatic carbocycles. The van der Waals surface area contributed by atoms with E-state index in [2.05, 4.69) is 31.8 Å². The highest BCUT2D eigenvalue weighted by molar-refractivity contribution is 9.10. The molecular weight excluding hydrogens is 641 g/mol. The van der Waals surface area contributed by atoms with Gasteiger partial charge in [0, 0.05) is 26.2 Å². The van der Waals surface area contributed by atoms with Gasteiger partial charge in [-0.2, -0.15) is 5.10 Å². The summed E-state index contributed by atoms with van der Waals surface area (Å²) in [6, 6.07) is 14.4. The number of nitrogens with one attached hydrogen (secondary N) is 2. The number of hydrazone groups is 1. The highest BCUT2D eigenvalue weighted by atomic mass is 79.9. The molecule has 3 aromatic rings. The minimum Gasteiger partial charge on any atom is -0.490 e. The van der Waals surface area contributed by atoms with Crippen molar-refractivity contribution in [1.29, 1.82) is 0 Å². The molecule has 11 heteroatoms. The van der Waals surface area contributed by atoms with E-state index in [0.29, 0.717) is 55.2 Å². The second kappa shape index (κ2) is 15.3. The fourth-order valence-corrected chi connectivity index (χ4v) is 4.81. The Hall–Kier alpha value is -2.78. The number of hydrogen-bond donors (Lipinski definition) is 2. The van der Waals surface area contributed by atoms with E-state index in [1.165, 1.54) is 6.21 Å². The zero-order valence-corrected chi connectivity index (χ0v) is 26.0. The van der Waals surface area contributed by atoms with Crippen LogP contribution in [0, 0.1) is 5.92 Å². The van der Waals surface area contributed by atoms with Crippen molar-refractivity contribution in [2.45, 2.75) is 39.8 Å². The molecule has 2 N–H and O–H groups in total. The van der Waals surface area contributed by atoms with E-state index in [-0.39, 0.29) is 18.4 Å². The van der Waals surface area contributed by atoms with Crippen LogP contribution >= 0.6 is 50.7 Å². The third-order valence-electron chi connectivity index (χ3n) is 5.54. The Bertz CT molecular complexity index is 1370. The standard InChI is InChI=1S/C29H29BrCl3N3O4/c1-4-39-26-13-18(12-23(30)27(26)40-16-20-7-10-22(32)14-24(20)33)15-34-36-29(38)25(11-17(2)3)35-28(37)19-5-8-21(31)9-6-19/h5-10,12-15,17,25H,4,11,16H2,1-3H3,(H,35,37)(H,36,38)/b34-15+. The predicted molar refractivity (Wildman–Crippen MR) is 164 cm³/mol. The summed E-state index contributed by atoms with van der Waals surface area (Å²) in [4.78, 5) is 25.6. The quantitative estimate of drug-likeness (QED) is 0.153. The largest absolute Gasteiger partial charge is 0.490 e. The lowest BCUT2D eigenvalue weighted by Crippen LogP contribution is -2.46. The van der Waals surface area contributed by atoms with Gasteiger partial charge in [-0.1, -0.05) is 54.7 Å². The van der Waals surface area contributed by atoms with Gasteiger partial charge in [0.15, 0.2) is 11.5 Å². The fraction of sp³-hybridized carbons (Fsp3) is 0.276. The van der Waals surface area contributed by atoms with E-state index < -0.39 is 11.9 Å². The molecule has 1 atom stereocenters. The first kappa shape index (κ1) is 31.7. The van der Waals surface area contributed by atoms with E-state index in [0.717, 1.165) is 5.56 Å². The summed E-state index contributed by atoms with van der Waals surface area (Å²) in [5.74, 6) is 0.335. The number of hydrogen-bond acceptors (Lipinski definition) is 5. The molecule has 3 rings (SSSR count).